The van der Waals surface area contributed by atoms with Crippen LogP contribution >= 0.6 is 22.9 Å². The number of fused-ring (bicyclic) bond motifs is 1. The number of aromatic nitrogens is 2. The summed E-state index contributed by atoms with van der Waals surface area (Å²) in [4.78, 5) is 24.2. The second kappa shape index (κ2) is 5.18. The van der Waals surface area contributed by atoms with Gasteiger partial charge in [0.1, 0.15) is 10.6 Å². The number of nitrogens with two attached hydrogens (primary N) is 1. The average Bonchev–Trinajstić information content (AvgIpc) is 2.78. The molecular formula is C13H15ClN4OS. The Balaban J connectivity index is 2.02. The highest BCUT2D eigenvalue weighted by molar-refractivity contribution is 7.18. The van der Waals surface area contributed by atoms with Gasteiger partial charge >= 0.3 is 0 Å². The van der Waals surface area contributed by atoms with E-state index in [0.29, 0.717) is 6.54 Å². The molecule has 3 heterocycles. The molecule has 1 unspecified atom stereocenters. The van der Waals surface area contributed by atoms with Crippen LogP contribution in [0.3, 0.4) is 0 Å². The monoisotopic (exact) mass is 310 g/mol. The molecule has 5 nitrogen and oxygen atoms in total. The van der Waals surface area contributed by atoms with E-state index in [2.05, 4.69) is 20.9 Å². The van der Waals surface area contributed by atoms with Gasteiger partial charge in [-0.15, -0.1) is 11.3 Å². The summed E-state index contributed by atoms with van der Waals surface area (Å²) >= 11 is 7.62. The predicted molar refractivity (Wildman–Crippen MR) is 81.3 cm³/mol. The molecule has 1 atom stereocenters. The molecule has 1 fully saturated rings. The lowest BCUT2D eigenvalue weighted by atomic mass is 9.97. The molecule has 0 saturated carbocycles. The summed E-state index contributed by atoms with van der Waals surface area (Å²) in [7, 11) is 0. The third kappa shape index (κ3) is 2.45. The maximum Gasteiger partial charge on any atom is 0.225 e. The van der Waals surface area contributed by atoms with Crippen molar-refractivity contribution in [1.82, 2.24) is 9.97 Å². The van der Waals surface area contributed by atoms with Gasteiger partial charge in [-0.1, -0.05) is 0 Å². The maximum atomic E-state index is 11.4. The summed E-state index contributed by atoms with van der Waals surface area (Å²) in [6.07, 6.45) is 1.77. The van der Waals surface area contributed by atoms with Crippen molar-refractivity contribution < 1.29 is 4.79 Å². The van der Waals surface area contributed by atoms with Crippen molar-refractivity contribution in [3.63, 3.8) is 0 Å². The van der Waals surface area contributed by atoms with Gasteiger partial charge in [0, 0.05) is 18.0 Å². The fourth-order valence-electron chi connectivity index (χ4n) is 2.64. The number of hydrogen-bond donors (Lipinski definition) is 1. The molecule has 0 radical (unpaired) electrons. The van der Waals surface area contributed by atoms with Crippen molar-refractivity contribution in [3.05, 3.63) is 16.2 Å². The largest absolute Gasteiger partial charge is 0.369 e. The molecule has 2 aromatic rings. The number of amides is 1. The van der Waals surface area contributed by atoms with Crippen molar-refractivity contribution in [1.29, 1.82) is 0 Å². The van der Waals surface area contributed by atoms with Crippen LogP contribution in [0.1, 0.15) is 17.7 Å². The summed E-state index contributed by atoms with van der Waals surface area (Å²) in [5.74, 6) is 0.454. The van der Waals surface area contributed by atoms with Crippen molar-refractivity contribution >= 4 is 44.9 Å². The van der Waals surface area contributed by atoms with E-state index < -0.39 is 0 Å². The van der Waals surface area contributed by atoms with Crippen LogP contribution in [0.4, 0.5) is 5.82 Å². The van der Waals surface area contributed by atoms with Crippen LogP contribution in [-0.2, 0) is 4.79 Å². The average molecular weight is 311 g/mol. The lowest BCUT2D eigenvalue weighted by Gasteiger charge is -2.32. The van der Waals surface area contributed by atoms with E-state index in [9.17, 15) is 4.79 Å². The first-order chi connectivity index (χ1) is 9.54. The van der Waals surface area contributed by atoms with Crippen LogP contribution in [0.2, 0.25) is 5.28 Å². The number of primary amides is 1. The zero-order chi connectivity index (χ0) is 14.3. The number of nitrogens with zero attached hydrogens (tertiary/aromatic N) is 3. The SMILES string of the molecule is Cc1cc2c(N3CCCC(C(N)=O)C3)nc(Cl)nc2s1. The van der Waals surface area contributed by atoms with Gasteiger partial charge < -0.3 is 10.6 Å². The van der Waals surface area contributed by atoms with Crippen LogP contribution in [0.25, 0.3) is 10.2 Å². The number of aryl methyl sites for hydroxylation is 1. The maximum absolute atomic E-state index is 11.4. The molecule has 7 heteroatoms. The summed E-state index contributed by atoms with van der Waals surface area (Å²) in [5.41, 5.74) is 5.43. The molecule has 3 rings (SSSR count). The van der Waals surface area contributed by atoms with E-state index in [1.165, 1.54) is 4.88 Å². The van der Waals surface area contributed by atoms with Crippen LogP contribution in [-0.4, -0.2) is 29.0 Å². The Morgan fingerprint density at radius 1 is 1.55 bits per heavy atom. The molecular weight excluding hydrogens is 296 g/mol. The van der Waals surface area contributed by atoms with Gasteiger partial charge in [0.25, 0.3) is 0 Å². The molecule has 2 aromatic heterocycles. The van der Waals surface area contributed by atoms with Crippen molar-refractivity contribution in [3.8, 4) is 0 Å². The first kappa shape index (κ1) is 13.6. The summed E-state index contributed by atoms with van der Waals surface area (Å²) in [5, 5.41) is 1.25. The predicted octanol–water partition coefficient (Wildman–Crippen LogP) is 2.35. The Labute approximate surface area is 125 Å². The normalized spacial score (nSPS) is 19.5. The van der Waals surface area contributed by atoms with Gasteiger partial charge in [0.2, 0.25) is 11.2 Å². The fourth-order valence-corrected chi connectivity index (χ4v) is 3.73. The molecule has 0 spiro atoms. The molecule has 1 aliphatic heterocycles. The quantitative estimate of drug-likeness (QED) is 0.864. The second-order valence-corrected chi connectivity index (χ2v) is 6.65. The van der Waals surface area contributed by atoms with Crippen LogP contribution < -0.4 is 10.6 Å². The molecule has 1 saturated heterocycles. The third-order valence-electron chi connectivity index (χ3n) is 3.59. The minimum absolute atomic E-state index is 0.118. The Bertz CT molecular complexity index is 672. The zero-order valence-corrected chi connectivity index (χ0v) is 12.7. The first-order valence-corrected chi connectivity index (χ1v) is 7.72. The molecule has 0 aliphatic carbocycles. The molecule has 106 valence electrons. The minimum atomic E-state index is -0.243. The Morgan fingerprint density at radius 2 is 2.35 bits per heavy atom. The molecule has 0 aromatic carbocycles. The van der Waals surface area contributed by atoms with Crippen molar-refractivity contribution in [2.24, 2.45) is 11.7 Å². The van der Waals surface area contributed by atoms with E-state index >= 15 is 0 Å². The topological polar surface area (TPSA) is 72.1 Å². The highest BCUT2D eigenvalue weighted by Crippen LogP contribution is 2.33. The third-order valence-corrected chi connectivity index (χ3v) is 4.71. The zero-order valence-electron chi connectivity index (χ0n) is 11.1. The van der Waals surface area contributed by atoms with Gasteiger partial charge in [-0.05, 0) is 37.4 Å². The van der Waals surface area contributed by atoms with E-state index in [-0.39, 0.29) is 17.1 Å². The Hall–Kier alpha value is -1.40. The van der Waals surface area contributed by atoms with E-state index in [1.807, 2.05) is 6.92 Å². The van der Waals surface area contributed by atoms with Crippen LogP contribution in [0.15, 0.2) is 6.07 Å². The fraction of sp³-hybridized carbons (Fsp3) is 0.462. The number of halogens is 1. The summed E-state index contributed by atoms with van der Waals surface area (Å²) < 4.78 is 0. The van der Waals surface area contributed by atoms with Gasteiger partial charge in [-0.2, -0.15) is 4.98 Å². The molecule has 2 N–H and O–H groups in total. The highest BCUT2D eigenvalue weighted by Gasteiger charge is 2.26. The summed E-state index contributed by atoms with van der Waals surface area (Å²) in [6.45, 7) is 3.50. The first-order valence-electron chi connectivity index (χ1n) is 6.52. The number of anilines is 1. The second-order valence-electron chi connectivity index (χ2n) is 5.08. The van der Waals surface area contributed by atoms with Crippen LogP contribution in [0.5, 0.6) is 0 Å². The van der Waals surface area contributed by atoms with Crippen molar-refractivity contribution in [2.45, 2.75) is 19.8 Å². The standard InChI is InChI=1S/C13H15ClN4OS/c1-7-5-9-11(16-13(14)17-12(9)20-7)18-4-2-3-8(6-18)10(15)19/h5,8H,2-4,6H2,1H3,(H2,15,19). The van der Waals surface area contributed by atoms with Gasteiger partial charge in [0.15, 0.2) is 0 Å². The smallest absolute Gasteiger partial charge is 0.225 e. The number of rotatable bonds is 2. The molecule has 1 amide bonds. The minimum Gasteiger partial charge on any atom is -0.369 e. The molecule has 1 aliphatic rings. The highest BCUT2D eigenvalue weighted by atomic mass is 35.5. The van der Waals surface area contributed by atoms with Gasteiger partial charge in [-0.25, -0.2) is 4.98 Å². The number of piperidine rings is 1. The number of hydrogen-bond acceptors (Lipinski definition) is 5. The van der Waals surface area contributed by atoms with Gasteiger partial charge in [-0.3, -0.25) is 4.79 Å². The van der Waals surface area contributed by atoms with Gasteiger partial charge in [0.05, 0.1) is 11.3 Å². The summed E-state index contributed by atoms with van der Waals surface area (Å²) in [6, 6.07) is 2.07. The molecule has 0 bridgehead atoms. The lowest BCUT2D eigenvalue weighted by Crippen LogP contribution is -2.41. The Kier molecular flexibility index (Phi) is 3.52. The van der Waals surface area contributed by atoms with E-state index in [1.54, 1.807) is 11.3 Å². The number of carbonyl (C=O) groups is 1. The Morgan fingerprint density at radius 3 is 3.10 bits per heavy atom. The van der Waals surface area contributed by atoms with Crippen molar-refractivity contribution in [2.75, 3.05) is 18.0 Å². The van der Waals surface area contributed by atoms with Crippen LogP contribution in [0, 0.1) is 12.8 Å². The lowest BCUT2D eigenvalue weighted by molar-refractivity contribution is -0.122. The van der Waals surface area contributed by atoms with E-state index in [0.717, 1.165) is 35.4 Å². The van der Waals surface area contributed by atoms with E-state index in [4.69, 9.17) is 17.3 Å². The number of thiophene rings is 1. The molecule has 20 heavy (non-hydrogen) atoms. The number of carbonyl (C=O) groups excluding carboxylic acids is 1.